The molecule has 1 saturated heterocycles. The van der Waals surface area contributed by atoms with E-state index in [1.165, 1.54) is 20.1 Å². The van der Waals surface area contributed by atoms with Gasteiger partial charge in [-0.05, 0) is 49.4 Å². The Balaban J connectivity index is 1.28. The van der Waals surface area contributed by atoms with Gasteiger partial charge in [0.2, 0.25) is 17.3 Å². The van der Waals surface area contributed by atoms with Crippen LogP contribution in [-0.2, 0) is 37.4 Å². The summed E-state index contributed by atoms with van der Waals surface area (Å²) < 4.78 is 22.2. The van der Waals surface area contributed by atoms with E-state index in [0.29, 0.717) is 12.8 Å². The minimum atomic E-state index is -3.27. The van der Waals surface area contributed by atoms with Gasteiger partial charge in [-0.1, -0.05) is 36.4 Å². The number of hydrogen-bond acceptors (Lipinski definition) is 16. The van der Waals surface area contributed by atoms with Gasteiger partial charge in [0.1, 0.15) is 29.4 Å². The number of benzene rings is 3. The summed E-state index contributed by atoms with van der Waals surface area (Å²) in [5.41, 5.74) is -9.29. The largest absolute Gasteiger partial charge is 0.507 e. The molecule has 0 aromatic heterocycles. The fourth-order valence-electron chi connectivity index (χ4n) is 8.95. The average molecular weight is 802 g/mol. The molecule has 4 aliphatic rings. The maximum absolute atomic E-state index is 14.8. The van der Waals surface area contributed by atoms with Crippen LogP contribution in [0.3, 0.4) is 0 Å². The second kappa shape index (κ2) is 15.1. The molecule has 0 amide bonds. The van der Waals surface area contributed by atoms with Crippen molar-refractivity contribution in [3.05, 3.63) is 104 Å². The van der Waals surface area contributed by atoms with E-state index in [1.807, 2.05) is 30.3 Å². The Morgan fingerprint density at radius 1 is 0.983 bits per heavy atom. The molecule has 0 radical (unpaired) electrons. The Morgan fingerprint density at radius 2 is 1.69 bits per heavy atom. The number of carbonyl (C=O) groups is 5. The van der Waals surface area contributed by atoms with Crippen LogP contribution in [0.4, 0.5) is 0 Å². The standard InChI is InChI=1S/C42H43NO15/c1-18-13-21-14-27(46)42(56-4)38(52)30-23(37(51)41(42,54)31(21)35(50)28(18)40(53)57-12-8-11-20-9-6-5-7-10-20)15-22-29(34(30)49)26(45)16-25(32(22)47)43-39-24(17-44)33(48)36(55-3)19(2)58-39/h5-7,9-10,13,15-16,19,24,27,33,36,39,43-44,46,48-50,54H,8,11-12,14,17H2,1-4H3/t19-,24+,27+,33-,36-,39-,41-,42+/m0/s1. The molecule has 3 aromatic rings. The smallest absolute Gasteiger partial charge is 0.342 e. The molecule has 0 unspecified atom stereocenters. The number of aliphatic hydroxyl groups is 4. The average Bonchev–Trinajstić information content (AvgIpc) is 3.17. The monoisotopic (exact) mass is 801 g/mol. The maximum Gasteiger partial charge on any atom is 0.342 e. The van der Waals surface area contributed by atoms with E-state index in [-0.39, 0.29) is 17.7 Å². The molecule has 58 heavy (non-hydrogen) atoms. The number of esters is 1. The van der Waals surface area contributed by atoms with Gasteiger partial charge in [-0.2, -0.15) is 0 Å². The number of phenolic OH excluding ortho intramolecular Hbond substituents is 2. The molecule has 3 aliphatic carbocycles. The molecule has 16 heteroatoms. The normalized spacial score (nSPS) is 28.9. The number of Topliss-reactive ketones (excluding diaryl/α,β-unsaturated/α-hetero) is 3. The highest BCUT2D eigenvalue weighted by molar-refractivity contribution is 6.31. The van der Waals surface area contributed by atoms with E-state index in [0.717, 1.165) is 24.8 Å². The third-order valence-electron chi connectivity index (χ3n) is 11.8. The van der Waals surface area contributed by atoms with Crippen LogP contribution in [0.2, 0.25) is 0 Å². The maximum atomic E-state index is 14.8. The third-order valence-corrected chi connectivity index (χ3v) is 11.8. The number of methoxy groups -OCH3 is 2. The summed E-state index contributed by atoms with van der Waals surface area (Å²) in [6, 6.07) is 11.6. The quantitative estimate of drug-likeness (QED) is 0.113. The number of hydrogen-bond donors (Lipinski definition) is 7. The van der Waals surface area contributed by atoms with Crippen molar-refractivity contribution in [3.63, 3.8) is 0 Å². The van der Waals surface area contributed by atoms with Crippen LogP contribution in [0, 0.1) is 12.8 Å². The predicted octanol–water partition coefficient (Wildman–Crippen LogP) is 1.35. The summed E-state index contributed by atoms with van der Waals surface area (Å²) in [7, 11) is 2.27. The molecule has 1 heterocycles. The lowest BCUT2D eigenvalue weighted by molar-refractivity contribution is -0.214. The molecule has 0 saturated carbocycles. The zero-order valence-electron chi connectivity index (χ0n) is 32.0. The van der Waals surface area contributed by atoms with Crippen LogP contribution < -0.4 is 5.32 Å². The SMILES string of the molecule is CO[C@@H]1[C@@H](O)[C@@H](CO)[C@@H](NC2=CC(=O)c3c(cc4c(c3O)C(=O)[C@]3(OC)[C@H](O)Cc5cc(C)c(C(=O)OCCCc6ccccc6)c(O)c5[C@]3(O)C4=O)C2=O)O[C@H]1C. The molecular formula is C42H43NO15. The Morgan fingerprint density at radius 3 is 2.34 bits per heavy atom. The number of ketones is 4. The first-order chi connectivity index (χ1) is 27.6. The number of ether oxygens (including phenoxy) is 4. The highest BCUT2D eigenvalue weighted by atomic mass is 16.6. The second-order valence-corrected chi connectivity index (χ2v) is 15.0. The number of nitrogens with one attached hydrogen (secondary N) is 1. The number of aromatic hydroxyl groups is 2. The number of carbonyl (C=O) groups excluding carboxylic acids is 5. The molecule has 8 atom stereocenters. The molecule has 0 spiro atoms. The summed E-state index contributed by atoms with van der Waals surface area (Å²) in [6.07, 6.45) is -4.67. The lowest BCUT2D eigenvalue weighted by atomic mass is 9.56. The van der Waals surface area contributed by atoms with Gasteiger partial charge in [0.15, 0.2) is 17.0 Å². The van der Waals surface area contributed by atoms with Crippen molar-refractivity contribution in [1.82, 2.24) is 5.32 Å². The topological polar surface area (TPSA) is 256 Å². The summed E-state index contributed by atoms with van der Waals surface area (Å²) >= 11 is 0. The van der Waals surface area contributed by atoms with Gasteiger partial charge >= 0.3 is 5.97 Å². The second-order valence-electron chi connectivity index (χ2n) is 15.0. The lowest BCUT2D eigenvalue weighted by Gasteiger charge is -2.52. The lowest BCUT2D eigenvalue weighted by Crippen LogP contribution is -2.73. The Bertz CT molecular complexity index is 2270. The number of allylic oxidation sites excluding steroid dienone is 2. The van der Waals surface area contributed by atoms with Gasteiger partial charge in [0.25, 0.3) is 0 Å². The van der Waals surface area contributed by atoms with Crippen molar-refractivity contribution in [3.8, 4) is 11.5 Å². The van der Waals surface area contributed by atoms with E-state index in [4.69, 9.17) is 18.9 Å². The molecule has 1 aliphatic heterocycles. The number of phenols is 2. The predicted molar refractivity (Wildman–Crippen MR) is 200 cm³/mol. The van der Waals surface area contributed by atoms with E-state index >= 15 is 0 Å². The Labute approximate surface area is 331 Å². The minimum absolute atomic E-state index is 0.0104. The first-order valence-corrected chi connectivity index (χ1v) is 18.6. The van der Waals surface area contributed by atoms with Gasteiger partial charge in [-0.15, -0.1) is 0 Å². The van der Waals surface area contributed by atoms with Crippen LogP contribution in [-0.4, -0.2) is 123 Å². The molecule has 1 fully saturated rings. The zero-order valence-corrected chi connectivity index (χ0v) is 32.0. The first-order valence-electron chi connectivity index (χ1n) is 18.6. The van der Waals surface area contributed by atoms with Crippen molar-refractivity contribution in [1.29, 1.82) is 0 Å². The molecule has 16 nitrogen and oxygen atoms in total. The zero-order chi connectivity index (χ0) is 42.0. The number of fused-ring (bicyclic) bond motifs is 5. The molecular weight excluding hydrogens is 758 g/mol. The Kier molecular flexibility index (Phi) is 10.6. The van der Waals surface area contributed by atoms with Gasteiger partial charge in [0, 0.05) is 43.4 Å². The van der Waals surface area contributed by atoms with Crippen LogP contribution >= 0.6 is 0 Å². The van der Waals surface area contributed by atoms with Crippen molar-refractivity contribution < 1.29 is 73.6 Å². The van der Waals surface area contributed by atoms with E-state index in [2.05, 4.69) is 5.32 Å². The highest BCUT2D eigenvalue weighted by Crippen LogP contribution is 2.56. The highest BCUT2D eigenvalue weighted by Gasteiger charge is 2.72. The number of aliphatic hydroxyl groups excluding tert-OH is 3. The van der Waals surface area contributed by atoms with Gasteiger partial charge in [-0.25, -0.2) is 4.79 Å². The van der Waals surface area contributed by atoms with Crippen LogP contribution in [0.5, 0.6) is 11.5 Å². The third kappa shape index (κ3) is 5.89. The van der Waals surface area contributed by atoms with Crippen molar-refractivity contribution in [2.45, 2.75) is 75.0 Å². The van der Waals surface area contributed by atoms with Gasteiger partial charge in [-0.3, -0.25) is 19.2 Å². The Hall–Kier alpha value is -5.33. The van der Waals surface area contributed by atoms with E-state index < -0.39 is 140 Å². The molecule has 0 bridgehead atoms. The molecule has 306 valence electrons. The molecule has 7 N–H and O–H groups in total. The van der Waals surface area contributed by atoms with Crippen molar-refractivity contribution >= 4 is 29.1 Å². The fourth-order valence-corrected chi connectivity index (χ4v) is 8.95. The van der Waals surface area contributed by atoms with E-state index in [9.17, 15) is 54.6 Å². The van der Waals surface area contributed by atoms with Crippen molar-refractivity contribution in [2.75, 3.05) is 27.4 Å². The minimum Gasteiger partial charge on any atom is -0.507 e. The van der Waals surface area contributed by atoms with Gasteiger partial charge < -0.3 is 54.9 Å². The van der Waals surface area contributed by atoms with Crippen molar-refractivity contribution in [2.24, 2.45) is 5.92 Å². The van der Waals surface area contributed by atoms with Gasteiger partial charge in [0.05, 0.1) is 54.3 Å². The summed E-state index contributed by atoms with van der Waals surface area (Å²) in [6.45, 7) is 2.40. The summed E-state index contributed by atoms with van der Waals surface area (Å²) in [5.74, 6) is -8.76. The van der Waals surface area contributed by atoms with E-state index in [1.54, 1.807) is 6.92 Å². The molecule has 3 aromatic carbocycles. The van der Waals surface area contributed by atoms with Crippen LogP contribution in [0.25, 0.3) is 0 Å². The molecule has 7 rings (SSSR count). The summed E-state index contributed by atoms with van der Waals surface area (Å²) in [5, 5.41) is 71.3. The van der Waals surface area contributed by atoms with Crippen LogP contribution in [0.15, 0.2) is 54.2 Å². The number of aryl methyl sites for hydroxylation is 2. The van der Waals surface area contributed by atoms with Crippen LogP contribution in [0.1, 0.15) is 87.4 Å². The summed E-state index contributed by atoms with van der Waals surface area (Å²) in [4.78, 5) is 70.7. The fraction of sp³-hybridized carbons (Fsp3) is 0.405. The number of rotatable bonds is 10. The first kappa shape index (κ1) is 40.9.